The van der Waals surface area contributed by atoms with Crippen LogP contribution in [0.4, 0.5) is 0 Å². The molecule has 1 N–H and O–H groups in total. The first-order chi connectivity index (χ1) is 9.18. The summed E-state index contributed by atoms with van der Waals surface area (Å²) in [4.78, 5) is 24.0. The van der Waals surface area contributed by atoms with Crippen LogP contribution in [0.5, 0.6) is 5.75 Å². The van der Waals surface area contributed by atoms with Gasteiger partial charge in [0.05, 0.1) is 6.61 Å². The Hall–Kier alpha value is -2.04. The number of benzene rings is 1. The zero-order valence-electron chi connectivity index (χ0n) is 10.6. The van der Waals surface area contributed by atoms with Gasteiger partial charge in [0.1, 0.15) is 11.8 Å². The van der Waals surface area contributed by atoms with Crippen molar-refractivity contribution in [3.05, 3.63) is 30.3 Å². The van der Waals surface area contributed by atoms with Crippen LogP contribution in [0.2, 0.25) is 0 Å². The molecule has 1 aromatic carbocycles. The first-order valence-corrected chi connectivity index (χ1v) is 6.38. The van der Waals surface area contributed by atoms with Gasteiger partial charge in [-0.25, -0.2) is 4.79 Å². The fourth-order valence-corrected chi connectivity index (χ4v) is 2.21. The number of carbonyl (C=O) groups is 2. The quantitative estimate of drug-likeness (QED) is 0.790. The summed E-state index contributed by atoms with van der Waals surface area (Å²) in [5.74, 6) is -0.216. The maximum absolute atomic E-state index is 11.6. The number of amides is 1. The fraction of sp³-hybridized carbons (Fsp3) is 0.429. The molecule has 2 rings (SSSR count). The predicted octanol–water partition coefficient (Wildman–Crippen LogP) is 1.53. The zero-order valence-corrected chi connectivity index (χ0v) is 10.6. The smallest absolute Gasteiger partial charge is 0.326 e. The number of rotatable bonds is 6. The molecule has 0 saturated carbocycles. The van der Waals surface area contributed by atoms with Crippen LogP contribution >= 0.6 is 0 Å². The lowest BCUT2D eigenvalue weighted by Crippen LogP contribution is -2.39. The maximum atomic E-state index is 11.6. The summed E-state index contributed by atoms with van der Waals surface area (Å²) < 4.78 is 5.51. The maximum Gasteiger partial charge on any atom is 0.326 e. The van der Waals surface area contributed by atoms with Crippen molar-refractivity contribution in [1.82, 2.24) is 4.90 Å². The van der Waals surface area contributed by atoms with E-state index >= 15 is 0 Å². The van der Waals surface area contributed by atoms with E-state index in [1.54, 1.807) is 0 Å². The summed E-state index contributed by atoms with van der Waals surface area (Å²) in [5, 5.41) is 9.01. The summed E-state index contributed by atoms with van der Waals surface area (Å²) in [7, 11) is 0. The molecule has 0 radical (unpaired) electrons. The van der Waals surface area contributed by atoms with Crippen molar-refractivity contribution in [3.8, 4) is 5.75 Å². The topological polar surface area (TPSA) is 66.8 Å². The van der Waals surface area contributed by atoms with Crippen LogP contribution in [0.3, 0.4) is 0 Å². The average molecular weight is 263 g/mol. The van der Waals surface area contributed by atoms with Crippen LogP contribution in [0.25, 0.3) is 0 Å². The van der Waals surface area contributed by atoms with Gasteiger partial charge in [-0.15, -0.1) is 0 Å². The van der Waals surface area contributed by atoms with E-state index in [9.17, 15) is 9.59 Å². The molecule has 1 heterocycles. The van der Waals surface area contributed by atoms with Gasteiger partial charge in [-0.05, 0) is 25.0 Å². The van der Waals surface area contributed by atoms with E-state index in [1.165, 1.54) is 4.90 Å². The summed E-state index contributed by atoms with van der Waals surface area (Å²) in [6, 6.07) is 8.75. The van der Waals surface area contributed by atoms with Gasteiger partial charge in [-0.3, -0.25) is 4.79 Å². The summed E-state index contributed by atoms with van der Waals surface area (Å²) in [5.41, 5.74) is 0. The molecule has 1 fully saturated rings. The van der Waals surface area contributed by atoms with Gasteiger partial charge in [-0.1, -0.05) is 18.2 Å². The van der Waals surface area contributed by atoms with Gasteiger partial charge < -0.3 is 14.7 Å². The number of carboxylic acid groups (broad SMARTS) is 1. The van der Waals surface area contributed by atoms with E-state index in [1.807, 2.05) is 30.3 Å². The molecular weight excluding hydrogens is 246 g/mol. The highest BCUT2D eigenvalue weighted by molar-refractivity contribution is 5.87. The minimum Gasteiger partial charge on any atom is -0.494 e. The lowest BCUT2D eigenvalue weighted by molar-refractivity contribution is -0.146. The Labute approximate surface area is 111 Å². The highest BCUT2D eigenvalue weighted by atomic mass is 16.5. The SMILES string of the molecule is O=C(O)C1CCC(=O)N1CCCOc1ccccc1. The van der Waals surface area contributed by atoms with Crippen molar-refractivity contribution in [2.75, 3.05) is 13.2 Å². The van der Waals surface area contributed by atoms with E-state index in [0.717, 1.165) is 5.75 Å². The molecule has 0 aliphatic carbocycles. The Morgan fingerprint density at radius 2 is 2.11 bits per heavy atom. The predicted molar refractivity (Wildman–Crippen MR) is 68.9 cm³/mol. The van der Waals surface area contributed by atoms with E-state index in [4.69, 9.17) is 9.84 Å². The number of aliphatic carboxylic acids is 1. The number of nitrogens with zero attached hydrogens (tertiary/aromatic N) is 1. The van der Waals surface area contributed by atoms with Crippen molar-refractivity contribution < 1.29 is 19.4 Å². The Kier molecular flexibility index (Phi) is 4.39. The minimum atomic E-state index is -0.921. The second-order valence-electron chi connectivity index (χ2n) is 4.49. The summed E-state index contributed by atoms with van der Waals surface area (Å²) >= 11 is 0. The van der Waals surface area contributed by atoms with Crippen LogP contribution < -0.4 is 4.74 Å². The molecule has 102 valence electrons. The van der Waals surface area contributed by atoms with Crippen molar-refractivity contribution in [2.24, 2.45) is 0 Å². The first kappa shape index (κ1) is 13.4. The number of carbonyl (C=O) groups excluding carboxylic acids is 1. The van der Waals surface area contributed by atoms with Crippen molar-refractivity contribution in [3.63, 3.8) is 0 Å². The van der Waals surface area contributed by atoms with E-state index < -0.39 is 12.0 Å². The summed E-state index contributed by atoms with van der Waals surface area (Å²) in [6.45, 7) is 0.906. The monoisotopic (exact) mass is 263 g/mol. The van der Waals surface area contributed by atoms with Gasteiger partial charge in [0.25, 0.3) is 0 Å². The molecule has 1 aromatic rings. The summed E-state index contributed by atoms with van der Waals surface area (Å²) in [6.07, 6.45) is 1.37. The number of carboxylic acids is 1. The number of hydrogen-bond donors (Lipinski definition) is 1. The standard InChI is InChI=1S/C14H17NO4/c16-13-8-7-12(14(17)18)15(13)9-4-10-19-11-5-2-1-3-6-11/h1-3,5-6,12H,4,7-10H2,(H,17,18). The Balaban J connectivity index is 1.76. The molecule has 1 atom stereocenters. The molecule has 19 heavy (non-hydrogen) atoms. The molecular formula is C14H17NO4. The van der Waals surface area contributed by atoms with Crippen LogP contribution in [0.1, 0.15) is 19.3 Å². The highest BCUT2D eigenvalue weighted by Crippen LogP contribution is 2.19. The molecule has 0 aromatic heterocycles. The second-order valence-corrected chi connectivity index (χ2v) is 4.49. The molecule has 1 saturated heterocycles. The van der Waals surface area contributed by atoms with E-state index in [0.29, 0.717) is 32.4 Å². The molecule has 1 aliphatic rings. The third-order valence-electron chi connectivity index (χ3n) is 3.17. The van der Waals surface area contributed by atoms with Crippen molar-refractivity contribution >= 4 is 11.9 Å². The van der Waals surface area contributed by atoms with E-state index in [2.05, 4.69) is 0 Å². The van der Waals surface area contributed by atoms with E-state index in [-0.39, 0.29) is 5.91 Å². The van der Waals surface area contributed by atoms with Gasteiger partial charge in [0, 0.05) is 13.0 Å². The van der Waals surface area contributed by atoms with Crippen LogP contribution in [-0.4, -0.2) is 41.1 Å². The second kappa shape index (κ2) is 6.22. The van der Waals surface area contributed by atoms with Crippen molar-refractivity contribution in [2.45, 2.75) is 25.3 Å². The molecule has 1 unspecified atom stereocenters. The number of para-hydroxylation sites is 1. The Morgan fingerprint density at radius 3 is 2.79 bits per heavy atom. The largest absolute Gasteiger partial charge is 0.494 e. The number of hydrogen-bond acceptors (Lipinski definition) is 3. The highest BCUT2D eigenvalue weighted by Gasteiger charge is 2.35. The van der Waals surface area contributed by atoms with Gasteiger partial charge >= 0.3 is 5.97 Å². The Bertz CT molecular complexity index is 446. The molecule has 5 nitrogen and oxygen atoms in total. The van der Waals surface area contributed by atoms with Gasteiger partial charge in [0.2, 0.25) is 5.91 Å². The molecule has 1 amide bonds. The number of ether oxygens (including phenoxy) is 1. The average Bonchev–Trinajstić information content (AvgIpc) is 2.77. The fourth-order valence-electron chi connectivity index (χ4n) is 2.21. The molecule has 0 spiro atoms. The normalized spacial score (nSPS) is 18.6. The third kappa shape index (κ3) is 3.47. The first-order valence-electron chi connectivity index (χ1n) is 6.38. The lowest BCUT2D eigenvalue weighted by Gasteiger charge is -2.21. The van der Waals surface area contributed by atoms with Crippen LogP contribution in [0, 0.1) is 0 Å². The lowest BCUT2D eigenvalue weighted by atomic mass is 10.2. The third-order valence-corrected chi connectivity index (χ3v) is 3.17. The zero-order chi connectivity index (χ0) is 13.7. The molecule has 5 heteroatoms. The van der Waals surface area contributed by atoms with Crippen LogP contribution in [-0.2, 0) is 9.59 Å². The van der Waals surface area contributed by atoms with Crippen molar-refractivity contribution in [1.29, 1.82) is 0 Å². The Morgan fingerprint density at radius 1 is 1.37 bits per heavy atom. The van der Waals surface area contributed by atoms with Gasteiger partial charge in [0.15, 0.2) is 0 Å². The molecule has 1 aliphatic heterocycles. The van der Waals surface area contributed by atoms with Gasteiger partial charge in [-0.2, -0.15) is 0 Å². The van der Waals surface area contributed by atoms with Crippen LogP contribution in [0.15, 0.2) is 30.3 Å². The molecule has 0 bridgehead atoms. The number of likely N-dealkylation sites (tertiary alicyclic amines) is 1. The minimum absolute atomic E-state index is 0.0767.